The number of benzene rings is 1. The molecule has 0 saturated carbocycles. The zero-order valence-electron chi connectivity index (χ0n) is 18.4. The average Bonchev–Trinajstić information content (AvgIpc) is 3.23. The first-order valence-corrected chi connectivity index (χ1v) is 11.8. The molecule has 9 nitrogen and oxygen atoms in total. The number of aromatic nitrogens is 2. The van der Waals surface area contributed by atoms with Gasteiger partial charge in [0.2, 0.25) is 5.91 Å². The van der Waals surface area contributed by atoms with Gasteiger partial charge in [-0.15, -0.1) is 0 Å². The first kappa shape index (κ1) is 21.4. The summed E-state index contributed by atoms with van der Waals surface area (Å²) in [6.07, 6.45) is 6.70. The third-order valence-corrected chi connectivity index (χ3v) is 7.29. The number of nitrogens with one attached hydrogen (secondary N) is 2. The maximum Gasteiger partial charge on any atom is 0.328 e. The molecule has 9 heteroatoms. The zero-order chi connectivity index (χ0) is 22.1. The zero-order valence-corrected chi connectivity index (χ0v) is 18.4. The summed E-state index contributed by atoms with van der Waals surface area (Å²) >= 11 is 0. The van der Waals surface area contributed by atoms with Crippen LogP contribution in [-0.4, -0.2) is 76.6 Å². The maximum atomic E-state index is 12.3. The van der Waals surface area contributed by atoms with Gasteiger partial charge in [-0.3, -0.25) is 19.7 Å². The lowest BCUT2D eigenvalue weighted by molar-refractivity contribution is -0.120. The number of anilines is 1. The van der Waals surface area contributed by atoms with Gasteiger partial charge >= 0.3 is 6.03 Å². The lowest BCUT2D eigenvalue weighted by atomic mass is 9.88. The van der Waals surface area contributed by atoms with E-state index in [4.69, 9.17) is 5.10 Å². The number of fused-ring (bicyclic) bond motifs is 1. The van der Waals surface area contributed by atoms with Crippen molar-refractivity contribution in [2.24, 2.45) is 0 Å². The molecule has 2 aromatic rings. The van der Waals surface area contributed by atoms with Crippen LogP contribution in [-0.2, 0) is 4.79 Å². The Labute approximate surface area is 187 Å². The van der Waals surface area contributed by atoms with Crippen molar-refractivity contribution in [2.45, 2.75) is 50.2 Å². The molecular formula is C23H32N6O3. The Bertz CT molecular complexity index is 991. The minimum Gasteiger partial charge on any atom is -0.390 e. The fourth-order valence-corrected chi connectivity index (χ4v) is 5.27. The van der Waals surface area contributed by atoms with Crippen molar-refractivity contribution in [3.63, 3.8) is 0 Å². The predicted octanol–water partition coefficient (Wildman–Crippen LogP) is 1.62. The van der Waals surface area contributed by atoms with Crippen molar-refractivity contribution in [1.29, 1.82) is 0 Å². The van der Waals surface area contributed by atoms with E-state index in [1.165, 1.54) is 0 Å². The second-order valence-corrected chi connectivity index (χ2v) is 9.35. The van der Waals surface area contributed by atoms with Crippen molar-refractivity contribution < 1.29 is 14.7 Å². The number of aliphatic hydroxyl groups is 1. The standard InChI is InChI=1S/C23H32N6O3/c30-21-6-14-28(22(31)26-21)19-2-1-3-20-18(19)16-25-29(20)17-4-12-27(13-5-17)15-9-23(32)7-10-24-11-8-23/h1-3,16-17,24,32H,4-15H2,(H,26,30,31). The van der Waals surface area contributed by atoms with E-state index in [1.54, 1.807) is 4.90 Å². The number of likely N-dealkylation sites (tertiary alicyclic amines) is 1. The highest BCUT2D eigenvalue weighted by molar-refractivity contribution is 6.09. The Hall–Kier alpha value is -2.49. The largest absolute Gasteiger partial charge is 0.390 e. The lowest BCUT2D eigenvalue weighted by Gasteiger charge is -2.37. The third kappa shape index (κ3) is 4.24. The number of carbonyl (C=O) groups excluding carboxylic acids is 2. The lowest BCUT2D eigenvalue weighted by Crippen LogP contribution is -2.49. The SMILES string of the molecule is O=C1CCN(c2cccc3c2cnn3C2CCN(CCC3(O)CCNCC3)CC2)C(=O)N1. The van der Waals surface area contributed by atoms with Gasteiger partial charge in [0.1, 0.15) is 0 Å². The van der Waals surface area contributed by atoms with Gasteiger partial charge in [-0.2, -0.15) is 5.10 Å². The molecule has 0 atom stereocenters. The van der Waals surface area contributed by atoms with Crippen LogP contribution in [0.2, 0.25) is 0 Å². The molecule has 0 bridgehead atoms. The predicted molar refractivity (Wildman–Crippen MR) is 122 cm³/mol. The third-order valence-electron chi connectivity index (χ3n) is 7.29. The van der Waals surface area contributed by atoms with E-state index in [0.717, 1.165) is 81.4 Å². The molecule has 0 spiro atoms. The fraction of sp³-hybridized carbons (Fsp3) is 0.609. The second-order valence-electron chi connectivity index (χ2n) is 9.35. The molecule has 1 aromatic carbocycles. The quantitative estimate of drug-likeness (QED) is 0.653. The van der Waals surface area contributed by atoms with Crippen LogP contribution in [0.5, 0.6) is 0 Å². The van der Waals surface area contributed by atoms with Gasteiger partial charge in [-0.05, 0) is 57.3 Å². The topological polar surface area (TPSA) is 103 Å². The summed E-state index contributed by atoms with van der Waals surface area (Å²) in [5.74, 6) is -0.229. The smallest absolute Gasteiger partial charge is 0.328 e. The number of nitrogens with zero attached hydrogens (tertiary/aromatic N) is 4. The number of carbonyl (C=O) groups is 2. The second kappa shape index (κ2) is 8.80. The molecule has 3 aliphatic heterocycles. The summed E-state index contributed by atoms with van der Waals surface area (Å²) in [5, 5.41) is 22.1. The van der Waals surface area contributed by atoms with Gasteiger partial charge in [0.15, 0.2) is 0 Å². The van der Waals surface area contributed by atoms with Crippen LogP contribution in [0.3, 0.4) is 0 Å². The van der Waals surface area contributed by atoms with Crippen molar-refractivity contribution in [1.82, 2.24) is 25.3 Å². The van der Waals surface area contributed by atoms with E-state index >= 15 is 0 Å². The van der Waals surface area contributed by atoms with E-state index in [2.05, 4.69) is 26.3 Å². The molecule has 3 aliphatic rings. The number of hydrogen-bond acceptors (Lipinski definition) is 6. The van der Waals surface area contributed by atoms with Crippen LogP contribution in [0, 0.1) is 0 Å². The Morgan fingerprint density at radius 2 is 1.91 bits per heavy atom. The van der Waals surface area contributed by atoms with Crippen LogP contribution in [0.1, 0.15) is 44.6 Å². The number of amides is 3. The summed E-state index contributed by atoms with van der Waals surface area (Å²) in [6, 6.07) is 5.87. The van der Waals surface area contributed by atoms with Crippen LogP contribution in [0.25, 0.3) is 10.9 Å². The highest BCUT2D eigenvalue weighted by Gasteiger charge is 2.31. The van der Waals surface area contributed by atoms with Gasteiger partial charge in [0.25, 0.3) is 0 Å². The highest BCUT2D eigenvalue weighted by atomic mass is 16.3. The molecule has 1 aromatic heterocycles. The molecule has 3 fully saturated rings. The molecule has 32 heavy (non-hydrogen) atoms. The molecule has 3 saturated heterocycles. The Morgan fingerprint density at radius 3 is 2.66 bits per heavy atom. The number of imide groups is 1. The normalized spacial score (nSPS) is 23.0. The number of rotatable bonds is 5. The number of hydrogen-bond donors (Lipinski definition) is 3. The molecule has 5 rings (SSSR count). The molecular weight excluding hydrogens is 408 g/mol. The summed E-state index contributed by atoms with van der Waals surface area (Å²) in [7, 11) is 0. The number of piperidine rings is 2. The van der Waals surface area contributed by atoms with Gasteiger partial charge in [-0.1, -0.05) is 6.07 Å². The molecule has 4 heterocycles. The first-order valence-electron chi connectivity index (χ1n) is 11.8. The minimum atomic E-state index is -0.512. The summed E-state index contributed by atoms with van der Waals surface area (Å²) < 4.78 is 2.10. The van der Waals surface area contributed by atoms with Crippen molar-refractivity contribution in [3.05, 3.63) is 24.4 Å². The molecule has 0 radical (unpaired) electrons. The minimum absolute atomic E-state index is 0.229. The van der Waals surface area contributed by atoms with Gasteiger partial charge in [0.05, 0.1) is 29.0 Å². The van der Waals surface area contributed by atoms with Crippen molar-refractivity contribution in [3.8, 4) is 0 Å². The Kier molecular flexibility index (Phi) is 5.88. The molecule has 0 unspecified atom stereocenters. The summed E-state index contributed by atoms with van der Waals surface area (Å²) in [6.45, 7) is 5.13. The number of urea groups is 1. The molecule has 172 valence electrons. The van der Waals surface area contributed by atoms with Crippen molar-refractivity contribution in [2.75, 3.05) is 44.2 Å². The fourth-order valence-electron chi connectivity index (χ4n) is 5.27. The van der Waals surface area contributed by atoms with Gasteiger partial charge < -0.3 is 15.3 Å². The molecule has 3 amide bonds. The van der Waals surface area contributed by atoms with Gasteiger partial charge in [-0.25, -0.2) is 4.79 Å². The van der Waals surface area contributed by atoms with Crippen LogP contribution < -0.4 is 15.5 Å². The van der Waals surface area contributed by atoms with E-state index in [-0.39, 0.29) is 11.9 Å². The van der Waals surface area contributed by atoms with E-state index in [0.29, 0.717) is 19.0 Å². The van der Waals surface area contributed by atoms with E-state index in [9.17, 15) is 14.7 Å². The molecule has 0 aliphatic carbocycles. The monoisotopic (exact) mass is 440 g/mol. The Morgan fingerprint density at radius 1 is 1.12 bits per heavy atom. The molecule has 3 N–H and O–H groups in total. The van der Waals surface area contributed by atoms with Gasteiger partial charge in [0, 0.05) is 38.0 Å². The van der Waals surface area contributed by atoms with Crippen LogP contribution >= 0.6 is 0 Å². The summed E-state index contributed by atoms with van der Waals surface area (Å²) in [5.41, 5.74) is 1.31. The van der Waals surface area contributed by atoms with Crippen molar-refractivity contribution >= 4 is 28.5 Å². The van der Waals surface area contributed by atoms with Crippen LogP contribution in [0.4, 0.5) is 10.5 Å². The maximum absolute atomic E-state index is 12.3. The summed E-state index contributed by atoms with van der Waals surface area (Å²) in [4.78, 5) is 27.9. The van der Waals surface area contributed by atoms with Crippen LogP contribution in [0.15, 0.2) is 24.4 Å². The first-order chi connectivity index (χ1) is 15.5. The van der Waals surface area contributed by atoms with E-state index in [1.807, 2.05) is 18.3 Å². The van der Waals surface area contributed by atoms with E-state index < -0.39 is 5.60 Å². The highest BCUT2D eigenvalue weighted by Crippen LogP contribution is 2.32. The average molecular weight is 441 g/mol. The Balaban J connectivity index is 1.24.